The molecule has 0 radical (unpaired) electrons. The van der Waals surface area contributed by atoms with Crippen molar-refractivity contribution >= 4 is 22.6 Å². The standard InChI is InChI=1S/C21H21FN4O2/c1-13(25-21-17-3-2-4-18(22)20(17)23-12-24-21)14-5-9-16(10-6-14)28-11-19(27)26-15-7-8-15/h2-6,9-10,12-13,15H,7-8,11H2,1H3,(H,26,27)(H,23,24,25)/t13-/m0/s1. The molecule has 28 heavy (non-hydrogen) atoms. The van der Waals surface area contributed by atoms with Crippen molar-refractivity contribution in [3.05, 3.63) is 60.2 Å². The minimum Gasteiger partial charge on any atom is -0.484 e. The molecule has 0 unspecified atom stereocenters. The Bertz CT molecular complexity index is 989. The van der Waals surface area contributed by atoms with Gasteiger partial charge in [0, 0.05) is 17.5 Å². The van der Waals surface area contributed by atoms with Crippen LogP contribution in [0.4, 0.5) is 10.2 Å². The number of carbonyl (C=O) groups excluding carboxylic acids is 1. The first-order valence-electron chi connectivity index (χ1n) is 9.28. The van der Waals surface area contributed by atoms with Gasteiger partial charge in [0.1, 0.15) is 29.2 Å². The fraction of sp³-hybridized carbons (Fsp3) is 0.286. The number of rotatable bonds is 7. The molecular formula is C21H21FN4O2. The number of ether oxygens (including phenoxy) is 1. The molecule has 6 nitrogen and oxygen atoms in total. The summed E-state index contributed by atoms with van der Waals surface area (Å²) in [5.41, 5.74) is 1.30. The van der Waals surface area contributed by atoms with Crippen molar-refractivity contribution in [2.24, 2.45) is 0 Å². The number of para-hydroxylation sites is 1. The van der Waals surface area contributed by atoms with Crippen LogP contribution in [0.25, 0.3) is 10.9 Å². The second-order valence-corrected chi connectivity index (χ2v) is 6.92. The summed E-state index contributed by atoms with van der Waals surface area (Å²) in [7, 11) is 0. The summed E-state index contributed by atoms with van der Waals surface area (Å²) in [6.45, 7) is 2.01. The van der Waals surface area contributed by atoms with Gasteiger partial charge in [-0.25, -0.2) is 14.4 Å². The molecule has 1 aliphatic rings. The van der Waals surface area contributed by atoms with Crippen LogP contribution in [0.1, 0.15) is 31.4 Å². The van der Waals surface area contributed by atoms with Crippen molar-refractivity contribution in [3.63, 3.8) is 0 Å². The van der Waals surface area contributed by atoms with E-state index in [9.17, 15) is 9.18 Å². The van der Waals surface area contributed by atoms with Crippen molar-refractivity contribution in [1.82, 2.24) is 15.3 Å². The first kappa shape index (κ1) is 18.2. The minimum absolute atomic E-state index is 0.0160. The molecule has 1 amide bonds. The Morgan fingerprint density at radius 3 is 2.75 bits per heavy atom. The largest absolute Gasteiger partial charge is 0.484 e. The van der Waals surface area contributed by atoms with Crippen LogP contribution in [0, 0.1) is 5.82 Å². The van der Waals surface area contributed by atoms with E-state index >= 15 is 0 Å². The molecule has 0 saturated heterocycles. The predicted octanol–water partition coefficient (Wildman–Crippen LogP) is 3.60. The van der Waals surface area contributed by atoms with E-state index < -0.39 is 0 Å². The van der Waals surface area contributed by atoms with Crippen LogP contribution in [0.5, 0.6) is 5.75 Å². The monoisotopic (exact) mass is 380 g/mol. The molecule has 1 saturated carbocycles. The van der Waals surface area contributed by atoms with Gasteiger partial charge in [0.05, 0.1) is 0 Å². The lowest BCUT2D eigenvalue weighted by atomic mass is 10.1. The number of anilines is 1. The Hall–Kier alpha value is -3.22. The van der Waals surface area contributed by atoms with Crippen LogP contribution in [-0.2, 0) is 4.79 Å². The highest BCUT2D eigenvalue weighted by Crippen LogP contribution is 2.26. The lowest BCUT2D eigenvalue weighted by molar-refractivity contribution is -0.123. The van der Waals surface area contributed by atoms with Gasteiger partial charge in [-0.3, -0.25) is 4.79 Å². The van der Waals surface area contributed by atoms with Crippen molar-refractivity contribution in [1.29, 1.82) is 0 Å². The lowest BCUT2D eigenvalue weighted by Gasteiger charge is -2.17. The van der Waals surface area contributed by atoms with Crippen LogP contribution in [0.3, 0.4) is 0 Å². The van der Waals surface area contributed by atoms with Gasteiger partial charge in [0.2, 0.25) is 0 Å². The second kappa shape index (κ2) is 7.80. The Kier molecular flexibility index (Phi) is 5.06. The van der Waals surface area contributed by atoms with E-state index in [2.05, 4.69) is 20.6 Å². The van der Waals surface area contributed by atoms with Gasteiger partial charge in [0.15, 0.2) is 6.61 Å². The summed E-state index contributed by atoms with van der Waals surface area (Å²) in [5, 5.41) is 6.83. The number of fused-ring (bicyclic) bond motifs is 1. The molecule has 2 N–H and O–H groups in total. The number of amides is 1. The van der Waals surface area contributed by atoms with Crippen LogP contribution in [0.15, 0.2) is 48.8 Å². The summed E-state index contributed by atoms with van der Waals surface area (Å²) in [6.07, 6.45) is 3.46. The predicted molar refractivity (Wildman–Crippen MR) is 105 cm³/mol. The first-order chi connectivity index (χ1) is 13.6. The summed E-state index contributed by atoms with van der Waals surface area (Å²) >= 11 is 0. The molecule has 1 aromatic heterocycles. The highest BCUT2D eigenvalue weighted by molar-refractivity contribution is 5.89. The van der Waals surface area contributed by atoms with E-state index in [-0.39, 0.29) is 24.4 Å². The third kappa shape index (κ3) is 4.19. The molecule has 144 valence electrons. The normalized spacial score (nSPS) is 14.5. The van der Waals surface area contributed by atoms with Crippen LogP contribution < -0.4 is 15.4 Å². The zero-order chi connectivity index (χ0) is 19.5. The smallest absolute Gasteiger partial charge is 0.258 e. The fourth-order valence-corrected chi connectivity index (χ4v) is 2.95. The van der Waals surface area contributed by atoms with Crippen molar-refractivity contribution < 1.29 is 13.9 Å². The van der Waals surface area contributed by atoms with Gasteiger partial charge in [-0.2, -0.15) is 0 Å². The third-order valence-electron chi connectivity index (χ3n) is 4.66. The molecule has 4 rings (SSSR count). The molecule has 3 aromatic rings. The summed E-state index contributed by atoms with van der Waals surface area (Å²) in [5.74, 6) is 0.748. The van der Waals surface area contributed by atoms with Gasteiger partial charge in [-0.05, 0) is 49.6 Å². The average Bonchev–Trinajstić information content (AvgIpc) is 3.51. The molecule has 7 heteroatoms. The lowest BCUT2D eigenvalue weighted by Crippen LogP contribution is -2.30. The van der Waals surface area contributed by atoms with Crippen LogP contribution >= 0.6 is 0 Å². The molecule has 0 spiro atoms. The number of nitrogens with zero attached hydrogens (tertiary/aromatic N) is 2. The Morgan fingerprint density at radius 2 is 2.00 bits per heavy atom. The minimum atomic E-state index is -0.372. The van der Waals surface area contributed by atoms with Crippen molar-refractivity contribution in [3.8, 4) is 5.75 Å². The Labute approximate surface area is 162 Å². The zero-order valence-electron chi connectivity index (χ0n) is 15.5. The van der Waals surface area contributed by atoms with Crippen molar-refractivity contribution in [2.75, 3.05) is 11.9 Å². The highest BCUT2D eigenvalue weighted by atomic mass is 19.1. The SMILES string of the molecule is C[C@H](Nc1ncnc2c(F)cccc12)c1ccc(OCC(=O)NC2CC2)cc1. The molecule has 0 bridgehead atoms. The van der Waals surface area contributed by atoms with Gasteiger partial charge in [-0.1, -0.05) is 18.2 Å². The number of nitrogens with one attached hydrogen (secondary N) is 2. The van der Waals surface area contributed by atoms with Gasteiger partial charge in [0.25, 0.3) is 5.91 Å². The number of benzene rings is 2. The van der Waals surface area contributed by atoms with E-state index in [1.807, 2.05) is 31.2 Å². The maximum absolute atomic E-state index is 13.9. The zero-order valence-corrected chi connectivity index (χ0v) is 15.5. The van der Waals surface area contributed by atoms with Gasteiger partial charge < -0.3 is 15.4 Å². The third-order valence-corrected chi connectivity index (χ3v) is 4.66. The second-order valence-electron chi connectivity index (χ2n) is 6.92. The first-order valence-corrected chi connectivity index (χ1v) is 9.28. The number of hydrogen-bond donors (Lipinski definition) is 2. The molecule has 1 heterocycles. The van der Waals surface area contributed by atoms with Crippen LogP contribution in [-0.4, -0.2) is 28.5 Å². The summed E-state index contributed by atoms with van der Waals surface area (Å²) in [6, 6.07) is 12.6. The topological polar surface area (TPSA) is 76.1 Å². The summed E-state index contributed by atoms with van der Waals surface area (Å²) in [4.78, 5) is 20.0. The number of carbonyl (C=O) groups is 1. The Balaban J connectivity index is 1.40. The van der Waals surface area contributed by atoms with Crippen LogP contribution in [0.2, 0.25) is 0 Å². The molecule has 1 fully saturated rings. The summed E-state index contributed by atoms with van der Waals surface area (Å²) < 4.78 is 19.4. The van der Waals surface area contributed by atoms with E-state index in [1.54, 1.807) is 12.1 Å². The average molecular weight is 380 g/mol. The van der Waals surface area contributed by atoms with E-state index in [0.29, 0.717) is 28.5 Å². The number of hydrogen-bond acceptors (Lipinski definition) is 5. The maximum Gasteiger partial charge on any atom is 0.258 e. The Morgan fingerprint density at radius 1 is 1.21 bits per heavy atom. The van der Waals surface area contributed by atoms with E-state index in [1.165, 1.54) is 12.4 Å². The molecule has 1 atom stereocenters. The molecular weight excluding hydrogens is 359 g/mol. The molecule has 2 aromatic carbocycles. The highest BCUT2D eigenvalue weighted by Gasteiger charge is 2.23. The van der Waals surface area contributed by atoms with E-state index in [4.69, 9.17) is 4.74 Å². The molecule has 1 aliphatic carbocycles. The van der Waals surface area contributed by atoms with Crippen molar-refractivity contribution in [2.45, 2.75) is 31.8 Å². The maximum atomic E-state index is 13.9. The quantitative estimate of drug-likeness (QED) is 0.655. The van der Waals surface area contributed by atoms with Gasteiger partial charge in [-0.15, -0.1) is 0 Å². The van der Waals surface area contributed by atoms with E-state index in [0.717, 1.165) is 18.4 Å². The molecule has 0 aliphatic heterocycles. The van der Waals surface area contributed by atoms with Gasteiger partial charge >= 0.3 is 0 Å². The number of aromatic nitrogens is 2. The number of halogens is 1. The fourth-order valence-electron chi connectivity index (χ4n) is 2.95.